The third-order valence-corrected chi connectivity index (χ3v) is 4.27. The van der Waals surface area contributed by atoms with Crippen LogP contribution in [0, 0.1) is 0 Å². The van der Waals surface area contributed by atoms with E-state index in [0.29, 0.717) is 0 Å². The molecule has 19 heavy (non-hydrogen) atoms. The molecule has 1 fully saturated rings. The van der Waals surface area contributed by atoms with Gasteiger partial charge in [-0.1, -0.05) is 12.1 Å². The molecule has 1 atom stereocenters. The van der Waals surface area contributed by atoms with Gasteiger partial charge in [-0.2, -0.15) is 0 Å². The standard InChI is InChI=1S/C14H20BrN3O/c1-11(18-9-7-16-8-10-18)14(19)17(2)13-6-4-3-5-12(13)15/h3-6,11,16H,7-10H2,1-2H3. The monoisotopic (exact) mass is 325 g/mol. The summed E-state index contributed by atoms with van der Waals surface area (Å²) in [5.74, 6) is 0.133. The zero-order valence-corrected chi connectivity index (χ0v) is 13.0. The highest BCUT2D eigenvalue weighted by Gasteiger charge is 2.26. The quantitative estimate of drug-likeness (QED) is 0.918. The second-order valence-electron chi connectivity index (χ2n) is 4.81. The second kappa shape index (κ2) is 6.50. The number of carbonyl (C=O) groups excluding carboxylic acids is 1. The third kappa shape index (κ3) is 3.35. The average Bonchev–Trinajstić information content (AvgIpc) is 2.46. The largest absolute Gasteiger partial charge is 0.314 e. The third-order valence-electron chi connectivity index (χ3n) is 3.60. The lowest BCUT2D eigenvalue weighted by atomic mass is 10.2. The molecule has 2 rings (SSSR count). The first-order chi connectivity index (χ1) is 9.11. The van der Waals surface area contributed by atoms with Gasteiger partial charge in [-0.15, -0.1) is 0 Å². The number of piperazine rings is 1. The summed E-state index contributed by atoms with van der Waals surface area (Å²) in [6.45, 7) is 5.75. The number of carbonyl (C=O) groups is 1. The zero-order valence-electron chi connectivity index (χ0n) is 11.4. The number of hydrogen-bond acceptors (Lipinski definition) is 3. The van der Waals surface area contributed by atoms with Crippen LogP contribution in [0.25, 0.3) is 0 Å². The van der Waals surface area contributed by atoms with Crippen molar-refractivity contribution in [2.24, 2.45) is 0 Å². The van der Waals surface area contributed by atoms with E-state index in [4.69, 9.17) is 0 Å². The minimum Gasteiger partial charge on any atom is -0.314 e. The van der Waals surface area contributed by atoms with E-state index in [2.05, 4.69) is 26.1 Å². The Morgan fingerprint density at radius 1 is 1.37 bits per heavy atom. The first-order valence-electron chi connectivity index (χ1n) is 6.58. The van der Waals surface area contributed by atoms with Crippen molar-refractivity contribution in [2.45, 2.75) is 13.0 Å². The lowest BCUT2D eigenvalue weighted by Gasteiger charge is -2.34. The zero-order chi connectivity index (χ0) is 13.8. The first kappa shape index (κ1) is 14.5. The van der Waals surface area contributed by atoms with Gasteiger partial charge < -0.3 is 10.2 Å². The Labute approximate surface area is 122 Å². The number of para-hydroxylation sites is 1. The molecule has 4 nitrogen and oxygen atoms in total. The van der Waals surface area contributed by atoms with Crippen LogP contribution in [0.15, 0.2) is 28.7 Å². The summed E-state index contributed by atoms with van der Waals surface area (Å²) in [7, 11) is 1.83. The Kier molecular flexibility index (Phi) is 4.96. The molecule has 1 aromatic carbocycles. The lowest BCUT2D eigenvalue weighted by molar-refractivity contribution is -0.123. The van der Waals surface area contributed by atoms with Crippen molar-refractivity contribution in [3.05, 3.63) is 28.7 Å². The highest BCUT2D eigenvalue weighted by atomic mass is 79.9. The number of rotatable bonds is 3. The number of anilines is 1. The van der Waals surface area contributed by atoms with Gasteiger partial charge in [0.2, 0.25) is 5.91 Å². The van der Waals surface area contributed by atoms with Crippen LogP contribution in [0.3, 0.4) is 0 Å². The number of halogens is 1. The molecule has 104 valence electrons. The molecule has 0 aromatic heterocycles. The molecule has 5 heteroatoms. The van der Waals surface area contributed by atoms with Crippen LogP contribution in [-0.4, -0.2) is 50.1 Å². The fraction of sp³-hybridized carbons (Fsp3) is 0.500. The molecule has 0 bridgehead atoms. The van der Waals surface area contributed by atoms with Crippen LogP contribution < -0.4 is 10.2 Å². The lowest BCUT2D eigenvalue weighted by Crippen LogP contribution is -2.53. The van der Waals surface area contributed by atoms with Crippen LogP contribution in [0.5, 0.6) is 0 Å². The van der Waals surface area contributed by atoms with Gasteiger partial charge in [-0.05, 0) is 35.0 Å². The van der Waals surface area contributed by atoms with Gasteiger partial charge >= 0.3 is 0 Å². The molecular formula is C14H20BrN3O. The predicted octanol–water partition coefficient (Wildman–Crippen LogP) is 1.71. The van der Waals surface area contributed by atoms with E-state index in [0.717, 1.165) is 36.3 Å². The van der Waals surface area contributed by atoms with Gasteiger partial charge in [0, 0.05) is 37.7 Å². The highest BCUT2D eigenvalue weighted by molar-refractivity contribution is 9.10. The van der Waals surface area contributed by atoms with Crippen molar-refractivity contribution in [3.63, 3.8) is 0 Å². The predicted molar refractivity (Wildman–Crippen MR) is 81.5 cm³/mol. The van der Waals surface area contributed by atoms with E-state index in [1.54, 1.807) is 4.90 Å². The van der Waals surface area contributed by atoms with Crippen molar-refractivity contribution in [1.29, 1.82) is 0 Å². The van der Waals surface area contributed by atoms with Crippen molar-refractivity contribution in [1.82, 2.24) is 10.2 Å². The molecule has 1 unspecified atom stereocenters. The van der Waals surface area contributed by atoms with Crippen LogP contribution in [-0.2, 0) is 4.79 Å². The maximum absolute atomic E-state index is 12.5. The Bertz CT molecular complexity index is 446. The summed E-state index contributed by atoms with van der Waals surface area (Å²) in [6, 6.07) is 7.71. The van der Waals surface area contributed by atoms with E-state index >= 15 is 0 Å². The number of likely N-dealkylation sites (N-methyl/N-ethyl adjacent to an activating group) is 1. The number of amides is 1. The molecule has 0 radical (unpaired) electrons. The summed E-state index contributed by atoms with van der Waals surface area (Å²) < 4.78 is 0.943. The van der Waals surface area contributed by atoms with E-state index in [9.17, 15) is 4.79 Å². The number of nitrogens with zero attached hydrogens (tertiary/aromatic N) is 2. The molecule has 1 aliphatic heterocycles. The van der Waals surface area contributed by atoms with Crippen molar-refractivity contribution in [2.75, 3.05) is 38.1 Å². The summed E-state index contributed by atoms with van der Waals surface area (Å²) in [4.78, 5) is 16.5. The van der Waals surface area contributed by atoms with Crippen molar-refractivity contribution in [3.8, 4) is 0 Å². The summed E-state index contributed by atoms with van der Waals surface area (Å²) >= 11 is 3.49. The van der Waals surface area contributed by atoms with Gasteiger partial charge in [0.05, 0.1) is 11.7 Å². The van der Waals surface area contributed by atoms with Crippen LogP contribution in [0.4, 0.5) is 5.69 Å². The van der Waals surface area contributed by atoms with Gasteiger partial charge in [0.15, 0.2) is 0 Å². The Morgan fingerprint density at radius 2 is 2.00 bits per heavy atom. The molecule has 1 heterocycles. The number of benzene rings is 1. The average molecular weight is 326 g/mol. The van der Waals surface area contributed by atoms with E-state index in [-0.39, 0.29) is 11.9 Å². The van der Waals surface area contributed by atoms with Gasteiger partial charge in [-0.25, -0.2) is 0 Å². The smallest absolute Gasteiger partial charge is 0.243 e. The van der Waals surface area contributed by atoms with Gasteiger partial charge in [0.25, 0.3) is 0 Å². The Morgan fingerprint density at radius 3 is 2.63 bits per heavy atom. The normalized spacial score (nSPS) is 18.1. The Hall–Kier alpha value is -0.910. The van der Waals surface area contributed by atoms with Crippen molar-refractivity contribution >= 4 is 27.5 Å². The maximum atomic E-state index is 12.5. The van der Waals surface area contributed by atoms with Gasteiger partial charge in [0.1, 0.15) is 0 Å². The van der Waals surface area contributed by atoms with Gasteiger partial charge in [-0.3, -0.25) is 9.69 Å². The topological polar surface area (TPSA) is 35.6 Å². The second-order valence-corrected chi connectivity index (χ2v) is 5.66. The van der Waals surface area contributed by atoms with E-state index in [1.165, 1.54) is 0 Å². The minimum absolute atomic E-state index is 0.0841. The molecular weight excluding hydrogens is 306 g/mol. The van der Waals surface area contributed by atoms with Crippen LogP contribution in [0.2, 0.25) is 0 Å². The Balaban J connectivity index is 2.08. The summed E-state index contributed by atoms with van der Waals surface area (Å²) in [5, 5.41) is 3.30. The highest BCUT2D eigenvalue weighted by Crippen LogP contribution is 2.25. The minimum atomic E-state index is -0.0841. The molecule has 0 spiro atoms. The number of nitrogens with one attached hydrogen (secondary N) is 1. The SMILES string of the molecule is CC(C(=O)N(C)c1ccccc1Br)N1CCNCC1. The molecule has 1 aliphatic rings. The van der Waals surface area contributed by atoms with E-state index < -0.39 is 0 Å². The molecule has 1 saturated heterocycles. The molecule has 1 amide bonds. The van der Waals surface area contributed by atoms with Crippen LogP contribution >= 0.6 is 15.9 Å². The molecule has 1 aromatic rings. The molecule has 1 N–H and O–H groups in total. The number of hydrogen-bond donors (Lipinski definition) is 1. The summed E-state index contributed by atoms with van der Waals surface area (Å²) in [6.07, 6.45) is 0. The molecule has 0 saturated carbocycles. The fourth-order valence-electron chi connectivity index (χ4n) is 2.35. The van der Waals surface area contributed by atoms with Crippen molar-refractivity contribution < 1.29 is 4.79 Å². The maximum Gasteiger partial charge on any atom is 0.243 e. The fourth-order valence-corrected chi connectivity index (χ4v) is 2.90. The van der Waals surface area contributed by atoms with E-state index in [1.807, 2.05) is 38.2 Å². The summed E-state index contributed by atoms with van der Waals surface area (Å²) in [5.41, 5.74) is 0.912. The first-order valence-corrected chi connectivity index (χ1v) is 7.37. The molecule has 0 aliphatic carbocycles. The van der Waals surface area contributed by atoms with Crippen LogP contribution in [0.1, 0.15) is 6.92 Å².